The van der Waals surface area contributed by atoms with Gasteiger partial charge in [-0.1, -0.05) is 12.1 Å². The van der Waals surface area contributed by atoms with Crippen LogP contribution >= 0.6 is 0 Å². The Bertz CT molecular complexity index is 375. The number of hydrogen-bond donors (Lipinski definition) is 1. The fourth-order valence-electron chi connectivity index (χ4n) is 2.56. The molecule has 1 saturated heterocycles. The van der Waals surface area contributed by atoms with E-state index in [9.17, 15) is 0 Å². The van der Waals surface area contributed by atoms with Crippen LogP contribution in [-0.4, -0.2) is 57.2 Å². The van der Waals surface area contributed by atoms with Gasteiger partial charge in [0.1, 0.15) is 5.75 Å². The molecule has 1 aliphatic rings. The van der Waals surface area contributed by atoms with Crippen LogP contribution in [0.1, 0.15) is 11.7 Å². The van der Waals surface area contributed by atoms with Gasteiger partial charge in [0.25, 0.3) is 0 Å². The van der Waals surface area contributed by atoms with Crippen molar-refractivity contribution in [3.8, 4) is 5.75 Å². The van der Waals surface area contributed by atoms with Crippen molar-refractivity contribution in [3.05, 3.63) is 29.8 Å². The lowest BCUT2D eigenvalue weighted by molar-refractivity contribution is 0.0671. The second kappa shape index (κ2) is 6.18. The quantitative estimate of drug-likeness (QED) is 0.866. The molecular formula is C14H23N3O. The van der Waals surface area contributed by atoms with Crippen LogP contribution in [0.15, 0.2) is 24.3 Å². The second-order valence-corrected chi connectivity index (χ2v) is 4.90. The Kier molecular flexibility index (Phi) is 4.58. The van der Waals surface area contributed by atoms with Crippen LogP contribution in [0.2, 0.25) is 0 Å². The Morgan fingerprint density at radius 2 is 2.00 bits per heavy atom. The van der Waals surface area contributed by atoms with Gasteiger partial charge in [-0.15, -0.1) is 0 Å². The second-order valence-electron chi connectivity index (χ2n) is 4.90. The van der Waals surface area contributed by atoms with E-state index in [1.165, 1.54) is 5.56 Å². The van der Waals surface area contributed by atoms with Gasteiger partial charge < -0.3 is 10.1 Å². The molecule has 2 rings (SSSR count). The van der Waals surface area contributed by atoms with Crippen molar-refractivity contribution in [2.24, 2.45) is 0 Å². The highest BCUT2D eigenvalue weighted by atomic mass is 16.5. The molecule has 0 aliphatic carbocycles. The SMILES string of the molecule is COc1cccc(C(N(C)C)N2CCNCC2)c1. The van der Waals surface area contributed by atoms with E-state index in [0.29, 0.717) is 6.17 Å². The van der Waals surface area contributed by atoms with Crippen molar-refractivity contribution in [3.63, 3.8) is 0 Å². The Balaban J connectivity index is 2.22. The zero-order valence-electron chi connectivity index (χ0n) is 11.5. The highest BCUT2D eigenvalue weighted by Gasteiger charge is 2.23. The van der Waals surface area contributed by atoms with Crippen molar-refractivity contribution in [1.82, 2.24) is 15.1 Å². The lowest BCUT2D eigenvalue weighted by atomic mass is 10.1. The molecule has 0 bridgehead atoms. The van der Waals surface area contributed by atoms with E-state index in [-0.39, 0.29) is 0 Å². The maximum Gasteiger partial charge on any atom is 0.119 e. The normalized spacial score (nSPS) is 18.9. The maximum absolute atomic E-state index is 5.32. The lowest BCUT2D eigenvalue weighted by Crippen LogP contribution is -2.48. The summed E-state index contributed by atoms with van der Waals surface area (Å²) in [5, 5.41) is 3.40. The molecule has 0 spiro atoms. The third kappa shape index (κ3) is 3.02. The number of ether oxygens (including phenoxy) is 1. The van der Waals surface area contributed by atoms with Crippen molar-refractivity contribution >= 4 is 0 Å². The standard InChI is InChI=1S/C14H23N3O/c1-16(2)14(17-9-7-15-8-10-17)12-5-4-6-13(11-12)18-3/h4-6,11,14-15H,7-10H2,1-3H3. The van der Waals surface area contributed by atoms with Crippen molar-refractivity contribution in [1.29, 1.82) is 0 Å². The highest BCUT2D eigenvalue weighted by Crippen LogP contribution is 2.26. The van der Waals surface area contributed by atoms with Crippen LogP contribution in [0.4, 0.5) is 0 Å². The summed E-state index contributed by atoms with van der Waals surface area (Å²) in [6.45, 7) is 4.29. The summed E-state index contributed by atoms with van der Waals surface area (Å²) in [5.74, 6) is 0.925. The molecular weight excluding hydrogens is 226 g/mol. The molecule has 18 heavy (non-hydrogen) atoms. The molecule has 4 nitrogen and oxygen atoms in total. The molecule has 1 heterocycles. The van der Waals surface area contributed by atoms with Crippen LogP contribution in [-0.2, 0) is 0 Å². The summed E-state index contributed by atoms with van der Waals surface area (Å²) in [7, 11) is 5.98. The average Bonchev–Trinajstić information content (AvgIpc) is 2.40. The lowest BCUT2D eigenvalue weighted by Gasteiger charge is -2.38. The van der Waals surface area contributed by atoms with Crippen molar-refractivity contribution in [2.75, 3.05) is 47.4 Å². The minimum atomic E-state index is 0.321. The first-order valence-corrected chi connectivity index (χ1v) is 6.47. The Labute approximate surface area is 110 Å². The Morgan fingerprint density at radius 3 is 2.61 bits per heavy atom. The topological polar surface area (TPSA) is 27.7 Å². The maximum atomic E-state index is 5.32. The number of hydrogen-bond acceptors (Lipinski definition) is 4. The predicted octanol–water partition coefficient (Wildman–Crippen LogP) is 1.16. The molecule has 1 N–H and O–H groups in total. The molecule has 4 heteroatoms. The third-order valence-corrected chi connectivity index (χ3v) is 3.38. The average molecular weight is 249 g/mol. The van der Waals surface area contributed by atoms with E-state index >= 15 is 0 Å². The molecule has 1 unspecified atom stereocenters. The van der Waals surface area contributed by atoms with Gasteiger partial charge in [-0.05, 0) is 31.8 Å². The van der Waals surface area contributed by atoms with E-state index in [1.807, 2.05) is 6.07 Å². The van der Waals surface area contributed by atoms with E-state index in [4.69, 9.17) is 4.74 Å². The summed E-state index contributed by atoms with van der Waals surface area (Å²) >= 11 is 0. The molecule has 1 atom stereocenters. The zero-order valence-corrected chi connectivity index (χ0v) is 11.5. The van der Waals surface area contributed by atoms with E-state index < -0.39 is 0 Å². The minimum Gasteiger partial charge on any atom is -0.497 e. The Hall–Kier alpha value is -1.10. The molecule has 0 saturated carbocycles. The van der Waals surface area contributed by atoms with Gasteiger partial charge in [-0.25, -0.2) is 0 Å². The fourth-order valence-corrected chi connectivity index (χ4v) is 2.56. The smallest absolute Gasteiger partial charge is 0.119 e. The monoisotopic (exact) mass is 249 g/mol. The number of nitrogens with one attached hydrogen (secondary N) is 1. The molecule has 0 aromatic heterocycles. The number of benzene rings is 1. The minimum absolute atomic E-state index is 0.321. The van der Waals surface area contributed by atoms with Crippen LogP contribution in [0.25, 0.3) is 0 Å². The van der Waals surface area contributed by atoms with Gasteiger partial charge in [0.05, 0.1) is 13.3 Å². The highest BCUT2D eigenvalue weighted by molar-refractivity contribution is 5.30. The number of rotatable bonds is 4. The van der Waals surface area contributed by atoms with Crippen LogP contribution < -0.4 is 10.1 Å². The summed E-state index contributed by atoms with van der Waals surface area (Å²) in [5.41, 5.74) is 1.29. The number of piperazine rings is 1. The number of methoxy groups -OCH3 is 1. The van der Waals surface area contributed by atoms with Gasteiger partial charge in [0.2, 0.25) is 0 Å². The molecule has 1 aromatic carbocycles. The van der Waals surface area contributed by atoms with Gasteiger partial charge in [0.15, 0.2) is 0 Å². The fraction of sp³-hybridized carbons (Fsp3) is 0.571. The third-order valence-electron chi connectivity index (χ3n) is 3.38. The molecule has 100 valence electrons. The van der Waals surface area contributed by atoms with Crippen molar-refractivity contribution < 1.29 is 4.74 Å². The number of nitrogens with zero attached hydrogens (tertiary/aromatic N) is 2. The molecule has 1 fully saturated rings. The van der Waals surface area contributed by atoms with E-state index in [0.717, 1.165) is 31.9 Å². The van der Waals surface area contributed by atoms with Crippen LogP contribution in [0.3, 0.4) is 0 Å². The zero-order chi connectivity index (χ0) is 13.0. The first-order chi connectivity index (χ1) is 8.72. The van der Waals surface area contributed by atoms with Crippen LogP contribution in [0.5, 0.6) is 5.75 Å². The molecule has 1 aliphatic heterocycles. The molecule has 0 radical (unpaired) electrons. The summed E-state index contributed by atoms with van der Waals surface area (Å²) in [4.78, 5) is 4.77. The largest absolute Gasteiger partial charge is 0.497 e. The van der Waals surface area contributed by atoms with Crippen LogP contribution in [0, 0.1) is 0 Å². The van der Waals surface area contributed by atoms with Gasteiger partial charge in [-0.3, -0.25) is 9.80 Å². The van der Waals surface area contributed by atoms with E-state index in [1.54, 1.807) is 7.11 Å². The van der Waals surface area contributed by atoms with Gasteiger partial charge in [0, 0.05) is 26.2 Å². The first kappa shape index (κ1) is 13.3. The summed E-state index contributed by atoms with van der Waals surface area (Å²) in [6.07, 6.45) is 0.321. The van der Waals surface area contributed by atoms with Gasteiger partial charge in [-0.2, -0.15) is 0 Å². The van der Waals surface area contributed by atoms with Gasteiger partial charge >= 0.3 is 0 Å². The summed E-state index contributed by atoms with van der Waals surface area (Å²) < 4.78 is 5.32. The summed E-state index contributed by atoms with van der Waals surface area (Å²) in [6, 6.07) is 8.36. The van der Waals surface area contributed by atoms with E-state index in [2.05, 4.69) is 47.4 Å². The van der Waals surface area contributed by atoms with Crippen molar-refractivity contribution in [2.45, 2.75) is 6.17 Å². The Morgan fingerprint density at radius 1 is 1.28 bits per heavy atom. The molecule has 0 amide bonds. The molecule has 1 aromatic rings. The predicted molar refractivity (Wildman–Crippen MR) is 73.9 cm³/mol. The first-order valence-electron chi connectivity index (χ1n) is 6.47.